The third-order valence-corrected chi connectivity index (χ3v) is 5.35. The summed E-state index contributed by atoms with van der Waals surface area (Å²) in [5.41, 5.74) is 3.36. The summed E-state index contributed by atoms with van der Waals surface area (Å²) in [7, 11) is 0. The van der Waals surface area contributed by atoms with E-state index in [1.165, 1.54) is 6.08 Å². The number of rotatable bonds is 6. The molecule has 0 saturated heterocycles. The van der Waals surface area contributed by atoms with E-state index in [-0.39, 0.29) is 12.2 Å². The highest BCUT2D eigenvalue weighted by atomic mass is 79.9. The summed E-state index contributed by atoms with van der Waals surface area (Å²) in [5.74, 6) is -0.113. The zero-order valence-electron chi connectivity index (χ0n) is 17.0. The molecule has 0 bridgehead atoms. The van der Waals surface area contributed by atoms with Crippen LogP contribution in [0.1, 0.15) is 22.3 Å². The molecule has 3 aromatic carbocycles. The summed E-state index contributed by atoms with van der Waals surface area (Å²) in [6, 6.07) is 21.8. The SMILES string of the molecule is Cc1cccc(NC(=O)/C(C#N)=C\c2cc(Cl)c(OCc3ccccc3C#N)c(Br)c2)c1. The molecule has 1 amide bonds. The highest BCUT2D eigenvalue weighted by Crippen LogP contribution is 2.36. The first kappa shape index (κ1) is 23.1. The maximum absolute atomic E-state index is 12.5. The van der Waals surface area contributed by atoms with Crippen LogP contribution in [0.5, 0.6) is 5.75 Å². The molecule has 158 valence electrons. The van der Waals surface area contributed by atoms with Gasteiger partial charge in [-0.25, -0.2) is 0 Å². The molecule has 0 heterocycles. The zero-order chi connectivity index (χ0) is 23.1. The predicted molar refractivity (Wildman–Crippen MR) is 128 cm³/mol. The van der Waals surface area contributed by atoms with E-state index in [2.05, 4.69) is 27.3 Å². The van der Waals surface area contributed by atoms with Crippen molar-refractivity contribution < 1.29 is 9.53 Å². The van der Waals surface area contributed by atoms with Crippen molar-refractivity contribution in [2.24, 2.45) is 0 Å². The molecule has 0 unspecified atom stereocenters. The van der Waals surface area contributed by atoms with Gasteiger partial charge in [-0.1, -0.05) is 41.9 Å². The van der Waals surface area contributed by atoms with Gasteiger partial charge in [-0.15, -0.1) is 0 Å². The smallest absolute Gasteiger partial charge is 0.266 e. The fourth-order valence-corrected chi connectivity index (χ4v) is 3.93. The minimum atomic E-state index is -0.515. The number of aryl methyl sites for hydroxylation is 1. The molecule has 0 aliphatic heterocycles. The van der Waals surface area contributed by atoms with E-state index in [9.17, 15) is 15.3 Å². The Hall–Kier alpha value is -3.58. The van der Waals surface area contributed by atoms with Gasteiger partial charge in [-0.2, -0.15) is 10.5 Å². The molecule has 0 radical (unpaired) electrons. The summed E-state index contributed by atoms with van der Waals surface area (Å²) in [6.07, 6.45) is 1.45. The molecule has 3 rings (SSSR count). The maximum atomic E-state index is 12.5. The summed E-state index contributed by atoms with van der Waals surface area (Å²) in [5, 5.41) is 21.7. The number of anilines is 1. The Kier molecular flexibility index (Phi) is 7.68. The number of nitriles is 2. The Morgan fingerprint density at radius 3 is 2.62 bits per heavy atom. The first-order chi connectivity index (χ1) is 15.4. The highest BCUT2D eigenvalue weighted by Gasteiger charge is 2.13. The quantitative estimate of drug-likeness (QED) is 0.309. The molecular weight excluding hydrogens is 490 g/mol. The summed E-state index contributed by atoms with van der Waals surface area (Å²) in [6.45, 7) is 2.08. The summed E-state index contributed by atoms with van der Waals surface area (Å²) >= 11 is 9.83. The number of amides is 1. The van der Waals surface area contributed by atoms with Gasteiger partial charge in [0.05, 0.1) is 21.1 Å². The highest BCUT2D eigenvalue weighted by molar-refractivity contribution is 9.10. The standard InChI is InChI=1S/C25H17BrClN3O2/c1-16-5-4-8-21(9-16)30-25(31)20(14-29)10-17-11-22(26)24(23(27)12-17)32-15-19-7-3-2-6-18(19)13-28/h2-12H,15H2,1H3,(H,30,31)/b20-10-. The molecule has 0 atom stereocenters. The Bertz CT molecular complexity index is 1270. The van der Waals surface area contributed by atoms with Crippen LogP contribution in [-0.2, 0) is 11.4 Å². The van der Waals surface area contributed by atoms with Gasteiger partial charge in [0.25, 0.3) is 5.91 Å². The number of nitrogens with zero attached hydrogens (tertiary/aromatic N) is 2. The van der Waals surface area contributed by atoms with Crippen LogP contribution in [0.25, 0.3) is 6.08 Å². The van der Waals surface area contributed by atoms with Crippen LogP contribution in [0.4, 0.5) is 5.69 Å². The van der Waals surface area contributed by atoms with E-state index in [0.29, 0.717) is 32.1 Å². The minimum Gasteiger partial charge on any atom is -0.486 e. The van der Waals surface area contributed by atoms with Crippen LogP contribution in [0.15, 0.2) is 70.7 Å². The Labute approximate surface area is 199 Å². The monoisotopic (exact) mass is 505 g/mol. The number of nitrogens with one attached hydrogen (secondary N) is 1. The van der Waals surface area contributed by atoms with E-state index in [1.807, 2.05) is 43.3 Å². The van der Waals surface area contributed by atoms with Gasteiger partial charge in [0.15, 0.2) is 5.75 Å². The van der Waals surface area contributed by atoms with Crippen molar-refractivity contribution in [1.29, 1.82) is 10.5 Å². The fourth-order valence-electron chi connectivity index (χ4n) is 2.94. The number of carbonyl (C=O) groups excluding carboxylic acids is 1. The lowest BCUT2D eigenvalue weighted by Gasteiger charge is -2.12. The second kappa shape index (κ2) is 10.6. The summed E-state index contributed by atoms with van der Waals surface area (Å²) < 4.78 is 6.38. The fraction of sp³-hybridized carbons (Fsp3) is 0.0800. The molecule has 5 nitrogen and oxygen atoms in total. The topological polar surface area (TPSA) is 85.9 Å². The van der Waals surface area contributed by atoms with Gasteiger partial charge < -0.3 is 10.1 Å². The molecule has 0 aliphatic rings. The predicted octanol–water partition coefficient (Wildman–Crippen LogP) is 6.41. The molecule has 32 heavy (non-hydrogen) atoms. The van der Waals surface area contributed by atoms with Crippen LogP contribution in [0, 0.1) is 29.6 Å². The third kappa shape index (κ3) is 5.76. The molecule has 0 aromatic heterocycles. The van der Waals surface area contributed by atoms with E-state index in [4.69, 9.17) is 16.3 Å². The number of halogens is 2. The third-order valence-electron chi connectivity index (χ3n) is 4.48. The number of hydrogen-bond acceptors (Lipinski definition) is 4. The van der Waals surface area contributed by atoms with E-state index < -0.39 is 5.91 Å². The van der Waals surface area contributed by atoms with Gasteiger partial charge in [0.2, 0.25) is 0 Å². The maximum Gasteiger partial charge on any atom is 0.266 e. The Morgan fingerprint density at radius 1 is 1.16 bits per heavy atom. The lowest BCUT2D eigenvalue weighted by atomic mass is 10.1. The molecule has 7 heteroatoms. The van der Waals surface area contributed by atoms with Crippen molar-refractivity contribution in [2.45, 2.75) is 13.5 Å². The van der Waals surface area contributed by atoms with Gasteiger partial charge >= 0.3 is 0 Å². The van der Waals surface area contributed by atoms with Crippen molar-refractivity contribution in [3.63, 3.8) is 0 Å². The van der Waals surface area contributed by atoms with E-state index in [1.54, 1.807) is 30.3 Å². The van der Waals surface area contributed by atoms with Crippen molar-refractivity contribution in [2.75, 3.05) is 5.32 Å². The Morgan fingerprint density at radius 2 is 1.94 bits per heavy atom. The number of ether oxygens (including phenoxy) is 1. The van der Waals surface area contributed by atoms with Crippen molar-refractivity contribution in [3.05, 3.63) is 98.0 Å². The molecule has 0 saturated carbocycles. The second-order valence-electron chi connectivity index (χ2n) is 6.86. The molecule has 0 aliphatic carbocycles. The second-order valence-corrected chi connectivity index (χ2v) is 8.13. The van der Waals surface area contributed by atoms with Crippen molar-refractivity contribution in [1.82, 2.24) is 0 Å². The summed E-state index contributed by atoms with van der Waals surface area (Å²) in [4.78, 5) is 12.5. The van der Waals surface area contributed by atoms with Gasteiger partial charge in [-0.05, 0) is 70.4 Å². The number of hydrogen-bond donors (Lipinski definition) is 1. The van der Waals surface area contributed by atoms with Gasteiger partial charge in [0.1, 0.15) is 18.2 Å². The largest absolute Gasteiger partial charge is 0.486 e. The molecular formula is C25H17BrClN3O2. The Balaban J connectivity index is 1.79. The van der Waals surface area contributed by atoms with Crippen molar-refractivity contribution in [3.8, 4) is 17.9 Å². The van der Waals surface area contributed by atoms with Gasteiger partial charge in [-0.3, -0.25) is 4.79 Å². The molecule has 3 aromatic rings. The van der Waals surface area contributed by atoms with Crippen LogP contribution >= 0.6 is 27.5 Å². The first-order valence-corrected chi connectivity index (χ1v) is 10.7. The van der Waals surface area contributed by atoms with Crippen LogP contribution in [0.2, 0.25) is 5.02 Å². The number of carbonyl (C=O) groups is 1. The van der Waals surface area contributed by atoms with Crippen LogP contribution in [-0.4, -0.2) is 5.91 Å². The van der Waals surface area contributed by atoms with Crippen molar-refractivity contribution >= 4 is 45.2 Å². The molecule has 1 N–H and O–H groups in total. The lowest BCUT2D eigenvalue weighted by Crippen LogP contribution is -2.13. The van der Waals surface area contributed by atoms with Crippen LogP contribution in [0.3, 0.4) is 0 Å². The normalized spacial score (nSPS) is 10.7. The molecule has 0 fully saturated rings. The zero-order valence-corrected chi connectivity index (χ0v) is 19.4. The number of benzene rings is 3. The van der Waals surface area contributed by atoms with E-state index >= 15 is 0 Å². The minimum absolute atomic E-state index is 0.0638. The molecule has 0 spiro atoms. The van der Waals surface area contributed by atoms with Crippen LogP contribution < -0.4 is 10.1 Å². The first-order valence-electron chi connectivity index (χ1n) is 9.51. The van der Waals surface area contributed by atoms with Gasteiger partial charge in [0, 0.05) is 11.3 Å². The van der Waals surface area contributed by atoms with E-state index in [0.717, 1.165) is 11.1 Å². The lowest BCUT2D eigenvalue weighted by molar-refractivity contribution is -0.112. The average molecular weight is 507 g/mol. The average Bonchev–Trinajstić information content (AvgIpc) is 2.77.